The Morgan fingerprint density at radius 2 is 1.96 bits per heavy atom. The molecule has 0 radical (unpaired) electrons. The van der Waals surface area contributed by atoms with Crippen molar-refractivity contribution in [3.63, 3.8) is 0 Å². The van der Waals surface area contributed by atoms with Gasteiger partial charge in [0.25, 0.3) is 0 Å². The van der Waals surface area contributed by atoms with E-state index in [0.717, 1.165) is 45.3 Å². The van der Waals surface area contributed by atoms with Gasteiger partial charge in [-0.05, 0) is 61.6 Å². The highest BCUT2D eigenvalue weighted by molar-refractivity contribution is 8.00. The van der Waals surface area contributed by atoms with Crippen LogP contribution in [0.2, 0.25) is 0 Å². The average Bonchev–Trinajstić information content (AvgIpc) is 2.67. The minimum absolute atomic E-state index is 0.0970. The van der Waals surface area contributed by atoms with Gasteiger partial charge < -0.3 is 5.32 Å². The number of benzene rings is 2. The van der Waals surface area contributed by atoms with E-state index >= 15 is 0 Å². The third-order valence-electron chi connectivity index (χ3n) is 4.72. The van der Waals surface area contributed by atoms with E-state index < -0.39 is 0 Å². The summed E-state index contributed by atoms with van der Waals surface area (Å²) in [7, 11) is 0. The zero-order valence-electron chi connectivity index (χ0n) is 16.6. The summed E-state index contributed by atoms with van der Waals surface area (Å²) in [4.78, 5) is 17.2. The molecule has 5 heteroatoms. The molecule has 0 aliphatic carbocycles. The molecule has 0 aliphatic rings. The van der Waals surface area contributed by atoms with E-state index in [2.05, 4.69) is 29.4 Å². The Bertz CT molecular complexity index is 1100. The molecular weight excluding hydrogens is 366 g/mol. The molecule has 142 valence electrons. The predicted octanol–water partition coefficient (Wildman–Crippen LogP) is 5.32. The van der Waals surface area contributed by atoms with Crippen molar-refractivity contribution in [2.24, 2.45) is 0 Å². The molecule has 1 amide bonds. The molecule has 1 aromatic heterocycles. The number of nitriles is 1. The van der Waals surface area contributed by atoms with Gasteiger partial charge in [-0.3, -0.25) is 4.79 Å². The van der Waals surface area contributed by atoms with Crippen molar-refractivity contribution in [3.8, 4) is 6.07 Å². The summed E-state index contributed by atoms with van der Waals surface area (Å²) in [5.41, 5.74) is 6.63. The minimum Gasteiger partial charge on any atom is -0.325 e. The van der Waals surface area contributed by atoms with Gasteiger partial charge in [-0.25, -0.2) is 4.98 Å². The number of rotatable bonds is 5. The number of carbonyl (C=O) groups excluding carboxylic acids is 1. The molecule has 28 heavy (non-hydrogen) atoms. The van der Waals surface area contributed by atoms with Crippen LogP contribution in [0.5, 0.6) is 0 Å². The fraction of sp³-hybridized carbons (Fsp3) is 0.261. The number of aromatic nitrogens is 1. The van der Waals surface area contributed by atoms with Crippen LogP contribution in [-0.2, 0) is 11.2 Å². The van der Waals surface area contributed by atoms with E-state index in [0.29, 0.717) is 10.6 Å². The SMILES string of the molecule is CCc1cccc(C)c1NC(=O)CSc1nc2cc(C)cc(C)c2cc1C#N. The molecular formula is C23H23N3OS. The third kappa shape index (κ3) is 4.18. The maximum absolute atomic E-state index is 12.5. The highest BCUT2D eigenvalue weighted by Gasteiger charge is 2.13. The normalized spacial score (nSPS) is 10.7. The van der Waals surface area contributed by atoms with Gasteiger partial charge in [-0.2, -0.15) is 5.26 Å². The molecule has 0 unspecified atom stereocenters. The standard InChI is InChI=1S/C23H23N3OS/c1-5-17-8-6-7-15(3)22(17)26-21(27)13-28-23-18(12-24)11-19-16(4)9-14(2)10-20(19)25-23/h6-11H,5,13H2,1-4H3,(H,26,27). The predicted molar refractivity (Wildman–Crippen MR) is 116 cm³/mol. The zero-order chi connectivity index (χ0) is 20.3. The molecule has 3 rings (SSSR count). The van der Waals surface area contributed by atoms with Crippen LogP contribution in [0.1, 0.15) is 34.7 Å². The Kier molecular flexibility index (Phi) is 6.01. The fourth-order valence-corrected chi connectivity index (χ4v) is 4.08. The number of anilines is 1. The topological polar surface area (TPSA) is 65.8 Å². The van der Waals surface area contributed by atoms with Gasteiger partial charge >= 0.3 is 0 Å². The molecule has 0 aliphatic heterocycles. The summed E-state index contributed by atoms with van der Waals surface area (Å²) in [5, 5.41) is 14.1. The number of hydrogen-bond acceptors (Lipinski definition) is 4. The molecule has 0 fully saturated rings. The Labute approximate surface area is 170 Å². The van der Waals surface area contributed by atoms with Crippen molar-refractivity contribution >= 4 is 34.3 Å². The van der Waals surface area contributed by atoms with E-state index in [4.69, 9.17) is 0 Å². The monoisotopic (exact) mass is 389 g/mol. The quantitative estimate of drug-likeness (QED) is 0.599. The van der Waals surface area contributed by atoms with Gasteiger partial charge in [-0.15, -0.1) is 0 Å². The Morgan fingerprint density at radius 3 is 2.68 bits per heavy atom. The summed E-state index contributed by atoms with van der Waals surface area (Å²) in [6.45, 7) is 8.11. The van der Waals surface area contributed by atoms with E-state index in [9.17, 15) is 10.1 Å². The van der Waals surface area contributed by atoms with Crippen molar-refractivity contribution < 1.29 is 4.79 Å². The highest BCUT2D eigenvalue weighted by Crippen LogP contribution is 2.28. The van der Waals surface area contributed by atoms with Gasteiger partial charge in [-0.1, -0.05) is 43.0 Å². The van der Waals surface area contributed by atoms with Crippen molar-refractivity contribution in [2.75, 3.05) is 11.1 Å². The lowest BCUT2D eigenvalue weighted by Crippen LogP contribution is -2.16. The lowest BCUT2D eigenvalue weighted by atomic mass is 10.1. The fourth-order valence-electron chi connectivity index (χ4n) is 3.31. The zero-order valence-corrected chi connectivity index (χ0v) is 17.4. The number of thioether (sulfide) groups is 1. The smallest absolute Gasteiger partial charge is 0.234 e. The summed E-state index contributed by atoms with van der Waals surface area (Å²) in [5.74, 6) is 0.107. The molecule has 2 aromatic carbocycles. The van der Waals surface area contributed by atoms with Crippen LogP contribution in [0.15, 0.2) is 41.4 Å². The van der Waals surface area contributed by atoms with E-state index in [1.165, 1.54) is 11.8 Å². The molecule has 4 nitrogen and oxygen atoms in total. The summed E-state index contributed by atoms with van der Waals surface area (Å²) in [6, 6.07) is 14.2. The Hall–Kier alpha value is -2.84. The summed E-state index contributed by atoms with van der Waals surface area (Å²) in [6.07, 6.45) is 0.855. The van der Waals surface area contributed by atoms with Crippen LogP contribution in [0, 0.1) is 32.1 Å². The van der Waals surface area contributed by atoms with Gasteiger partial charge in [0.05, 0.1) is 16.8 Å². The van der Waals surface area contributed by atoms with E-state index in [1.54, 1.807) is 0 Å². The first kappa shape index (κ1) is 19.9. The molecule has 0 saturated carbocycles. The Balaban J connectivity index is 1.82. The molecule has 0 saturated heterocycles. The van der Waals surface area contributed by atoms with E-state index in [1.807, 2.05) is 51.1 Å². The van der Waals surface area contributed by atoms with Gasteiger partial charge in [0.1, 0.15) is 11.1 Å². The molecule has 1 heterocycles. The number of nitrogens with zero attached hydrogens (tertiary/aromatic N) is 2. The molecule has 0 atom stereocenters. The average molecular weight is 390 g/mol. The van der Waals surface area contributed by atoms with Crippen LogP contribution in [0.4, 0.5) is 5.69 Å². The minimum atomic E-state index is -0.0970. The van der Waals surface area contributed by atoms with Crippen molar-refractivity contribution in [2.45, 2.75) is 39.1 Å². The number of aryl methyl sites for hydroxylation is 4. The largest absolute Gasteiger partial charge is 0.325 e. The number of para-hydroxylation sites is 1. The lowest BCUT2D eigenvalue weighted by molar-refractivity contribution is -0.113. The molecule has 3 aromatic rings. The first-order valence-corrected chi connectivity index (χ1v) is 10.2. The third-order valence-corrected chi connectivity index (χ3v) is 5.71. The number of fused-ring (bicyclic) bond motifs is 1. The molecule has 1 N–H and O–H groups in total. The highest BCUT2D eigenvalue weighted by atomic mass is 32.2. The second-order valence-electron chi connectivity index (χ2n) is 6.90. The number of amides is 1. The van der Waals surface area contributed by atoms with Gasteiger partial charge in [0, 0.05) is 11.1 Å². The lowest BCUT2D eigenvalue weighted by Gasteiger charge is -2.13. The maximum atomic E-state index is 12.5. The first-order chi connectivity index (χ1) is 13.4. The first-order valence-electron chi connectivity index (χ1n) is 9.26. The van der Waals surface area contributed by atoms with Gasteiger partial charge in [0.15, 0.2) is 0 Å². The summed E-state index contributed by atoms with van der Waals surface area (Å²) >= 11 is 1.30. The van der Waals surface area contributed by atoms with Crippen LogP contribution in [0.3, 0.4) is 0 Å². The van der Waals surface area contributed by atoms with Crippen LogP contribution in [0.25, 0.3) is 10.9 Å². The second-order valence-corrected chi connectivity index (χ2v) is 7.86. The van der Waals surface area contributed by atoms with Crippen LogP contribution in [-0.4, -0.2) is 16.6 Å². The number of carbonyl (C=O) groups is 1. The van der Waals surface area contributed by atoms with E-state index in [-0.39, 0.29) is 11.7 Å². The van der Waals surface area contributed by atoms with Crippen molar-refractivity contribution in [1.82, 2.24) is 4.98 Å². The molecule has 0 bridgehead atoms. The van der Waals surface area contributed by atoms with Crippen LogP contribution >= 0.6 is 11.8 Å². The Morgan fingerprint density at radius 1 is 1.18 bits per heavy atom. The maximum Gasteiger partial charge on any atom is 0.234 e. The second kappa shape index (κ2) is 8.45. The van der Waals surface area contributed by atoms with Crippen molar-refractivity contribution in [1.29, 1.82) is 5.26 Å². The number of hydrogen-bond donors (Lipinski definition) is 1. The van der Waals surface area contributed by atoms with Gasteiger partial charge in [0.2, 0.25) is 5.91 Å². The van der Waals surface area contributed by atoms with Crippen LogP contribution < -0.4 is 5.32 Å². The summed E-state index contributed by atoms with van der Waals surface area (Å²) < 4.78 is 0. The molecule has 0 spiro atoms. The van der Waals surface area contributed by atoms with Crippen molar-refractivity contribution in [3.05, 3.63) is 64.2 Å². The number of nitrogens with one attached hydrogen (secondary N) is 1. The number of pyridine rings is 1.